The second-order valence-electron chi connectivity index (χ2n) is 13.7. The van der Waals surface area contributed by atoms with Crippen LogP contribution in [-0.2, 0) is 20.8 Å². The quantitative estimate of drug-likeness (QED) is 0.274. The first kappa shape index (κ1) is 34.0. The molecule has 244 valence electrons. The van der Waals surface area contributed by atoms with Crippen molar-refractivity contribution in [3.8, 4) is 0 Å². The number of amides is 3. The van der Waals surface area contributed by atoms with Crippen LogP contribution < -0.4 is 10.2 Å². The van der Waals surface area contributed by atoms with Crippen LogP contribution in [0.1, 0.15) is 96.9 Å². The zero-order chi connectivity index (χ0) is 33.1. The van der Waals surface area contributed by atoms with Gasteiger partial charge in [-0.05, 0) is 78.0 Å². The van der Waals surface area contributed by atoms with Gasteiger partial charge >= 0.3 is 12.2 Å². The van der Waals surface area contributed by atoms with Crippen molar-refractivity contribution in [3.05, 3.63) is 53.3 Å². The largest absolute Gasteiger partial charge is 0.444 e. The van der Waals surface area contributed by atoms with E-state index in [0.29, 0.717) is 43.1 Å². The van der Waals surface area contributed by atoms with E-state index in [-0.39, 0.29) is 36.3 Å². The van der Waals surface area contributed by atoms with E-state index < -0.39 is 17.3 Å². The van der Waals surface area contributed by atoms with E-state index in [0.717, 1.165) is 16.8 Å². The summed E-state index contributed by atoms with van der Waals surface area (Å²) >= 11 is 5.69. The number of hydrogen-bond acceptors (Lipinski definition) is 7. The van der Waals surface area contributed by atoms with Gasteiger partial charge in [-0.25, -0.2) is 14.6 Å². The summed E-state index contributed by atoms with van der Waals surface area (Å²) in [6.45, 7) is 16.4. The average Bonchev–Trinajstić information content (AvgIpc) is 3.38. The minimum atomic E-state index is -0.748. The molecule has 0 spiro atoms. The number of fused-ring (bicyclic) bond motifs is 1. The molecule has 1 saturated heterocycles. The summed E-state index contributed by atoms with van der Waals surface area (Å²) in [5.74, 6) is 0.219. The molecule has 1 aromatic carbocycles. The fourth-order valence-electron chi connectivity index (χ4n) is 5.16. The van der Waals surface area contributed by atoms with Gasteiger partial charge in [0, 0.05) is 42.0 Å². The van der Waals surface area contributed by atoms with Gasteiger partial charge in [-0.3, -0.25) is 9.69 Å². The maximum absolute atomic E-state index is 13.9. The van der Waals surface area contributed by atoms with E-state index in [9.17, 15) is 14.4 Å². The fourth-order valence-corrected chi connectivity index (χ4v) is 5.22. The van der Waals surface area contributed by atoms with Crippen molar-refractivity contribution in [2.24, 2.45) is 0 Å². The van der Waals surface area contributed by atoms with E-state index >= 15 is 0 Å². The van der Waals surface area contributed by atoms with Crippen molar-refractivity contribution in [3.63, 3.8) is 0 Å². The molecule has 12 heteroatoms. The lowest BCUT2D eigenvalue weighted by Crippen LogP contribution is -2.41. The van der Waals surface area contributed by atoms with Crippen molar-refractivity contribution in [1.82, 2.24) is 19.5 Å². The Balaban J connectivity index is 1.75. The Morgan fingerprint density at radius 3 is 2.31 bits per heavy atom. The highest BCUT2D eigenvalue weighted by Crippen LogP contribution is 2.33. The molecule has 3 amide bonds. The monoisotopic (exact) mass is 640 g/mol. The Labute approximate surface area is 270 Å². The first-order valence-electron chi connectivity index (χ1n) is 15.4. The molecule has 45 heavy (non-hydrogen) atoms. The summed E-state index contributed by atoms with van der Waals surface area (Å²) in [6.07, 6.45) is 2.32. The smallest absolute Gasteiger partial charge is 0.416 e. The van der Waals surface area contributed by atoms with Crippen LogP contribution in [0.25, 0.3) is 5.65 Å². The standard InChI is InChI=1S/C33H45ClN6O5/c1-21(2)25-19-35-40-28(17-26(37-29(25)40)23-12-14-38(15-13-23)30(42)44-32(3,4)5)39(31(43)45-33(6,7)8)20-22-10-9-11-24(16-22)36-27(41)18-34/h9-11,16-17,19,21,23H,12-15,18,20H2,1-8H3,(H,36,41). The molecule has 11 nitrogen and oxygen atoms in total. The number of ether oxygens (including phenoxy) is 2. The molecule has 0 atom stereocenters. The van der Waals surface area contributed by atoms with Gasteiger partial charge in [0.2, 0.25) is 5.91 Å². The Hall–Kier alpha value is -3.86. The zero-order valence-electron chi connectivity index (χ0n) is 27.5. The minimum Gasteiger partial charge on any atom is -0.444 e. The Morgan fingerprint density at radius 2 is 1.71 bits per heavy atom. The van der Waals surface area contributed by atoms with Crippen molar-refractivity contribution in [1.29, 1.82) is 0 Å². The molecule has 1 aliphatic heterocycles. The van der Waals surface area contributed by atoms with E-state index in [1.807, 2.05) is 59.7 Å². The summed E-state index contributed by atoms with van der Waals surface area (Å²) in [5, 5.41) is 7.43. The first-order chi connectivity index (χ1) is 21.0. The van der Waals surface area contributed by atoms with Crippen LogP contribution in [0.15, 0.2) is 36.5 Å². The van der Waals surface area contributed by atoms with Crippen LogP contribution in [0.5, 0.6) is 0 Å². The van der Waals surface area contributed by atoms with Crippen LogP contribution in [-0.4, -0.2) is 67.8 Å². The number of hydrogen-bond donors (Lipinski definition) is 1. The molecule has 4 rings (SSSR count). The third kappa shape index (κ3) is 8.87. The molecule has 0 bridgehead atoms. The number of likely N-dealkylation sites (tertiary alicyclic amines) is 1. The lowest BCUT2D eigenvalue weighted by Gasteiger charge is -2.33. The molecular formula is C33H45ClN6O5. The number of aromatic nitrogens is 3. The predicted molar refractivity (Wildman–Crippen MR) is 175 cm³/mol. The molecular weight excluding hydrogens is 596 g/mol. The van der Waals surface area contributed by atoms with Gasteiger partial charge in [0.05, 0.1) is 12.7 Å². The number of anilines is 2. The number of rotatable bonds is 7. The van der Waals surface area contributed by atoms with Crippen molar-refractivity contribution >= 4 is 46.8 Å². The Bertz CT molecular complexity index is 1530. The lowest BCUT2D eigenvalue weighted by atomic mass is 9.93. The van der Waals surface area contributed by atoms with Gasteiger partial charge in [-0.15, -0.1) is 11.6 Å². The number of carbonyl (C=O) groups is 3. The normalized spacial score (nSPS) is 14.5. The summed E-state index contributed by atoms with van der Waals surface area (Å²) in [6, 6.07) is 9.16. The van der Waals surface area contributed by atoms with Crippen LogP contribution in [0.2, 0.25) is 0 Å². The minimum absolute atomic E-state index is 0.0527. The molecule has 2 aromatic heterocycles. The lowest BCUT2D eigenvalue weighted by molar-refractivity contribution is -0.113. The molecule has 0 radical (unpaired) electrons. The highest BCUT2D eigenvalue weighted by Gasteiger charge is 2.31. The molecule has 0 saturated carbocycles. The molecule has 3 heterocycles. The topological polar surface area (TPSA) is 118 Å². The van der Waals surface area contributed by atoms with E-state index in [4.69, 9.17) is 26.1 Å². The van der Waals surface area contributed by atoms with Crippen LogP contribution in [0, 0.1) is 0 Å². The number of alkyl halides is 1. The fraction of sp³-hybridized carbons (Fsp3) is 0.545. The van der Waals surface area contributed by atoms with E-state index in [2.05, 4.69) is 24.3 Å². The third-order valence-corrected chi connectivity index (χ3v) is 7.49. The van der Waals surface area contributed by atoms with Crippen LogP contribution in [0.4, 0.5) is 21.1 Å². The zero-order valence-corrected chi connectivity index (χ0v) is 28.3. The number of nitrogens with one attached hydrogen (secondary N) is 1. The molecule has 1 aliphatic rings. The number of carbonyl (C=O) groups excluding carboxylic acids is 3. The predicted octanol–water partition coefficient (Wildman–Crippen LogP) is 7.09. The number of halogens is 1. The van der Waals surface area contributed by atoms with Gasteiger partial charge in [-0.1, -0.05) is 26.0 Å². The second kappa shape index (κ2) is 13.6. The van der Waals surface area contributed by atoms with Gasteiger partial charge in [-0.2, -0.15) is 9.61 Å². The molecule has 3 aromatic rings. The number of nitrogens with zero attached hydrogens (tertiary/aromatic N) is 5. The average molecular weight is 641 g/mol. The van der Waals surface area contributed by atoms with Crippen LogP contribution in [0.3, 0.4) is 0 Å². The van der Waals surface area contributed by atoms with Gasteiger partial charge < -0.3 is 19.7 Å². The van der Waals surface area contributed by atoms with Crippen molar-refractivity contribution in [2.75, 3.05) is 29.2 Å². The molecule has 0 aliphatic carbocycles. The summed E-state index contributed by atoms with van der Waals surface area (Å²) in [7, 11) is 0. The van der Waals surface area contributed by atoms with Gasteiger partial charge in [0.25, 0.3) is 0 Å². The van der Waals surface area contributed by atoms with Crippen molar-refractivity contribution < 1.29 is 23.9 Å². The third-order valence-electron chi connectivity index (χ3n) is 7.25. The maximum Gasteiger partial charge on any atom is 0.416 e. The summed E-state index contributed by atoms with van der Waals surface area (Å²) in [5.41, 5.74) is 2.47. The Morgan fingerprint density at radius 1 is 1.04 bits per heavy atom. The number of piperidine rings is 1. The highest BCUT2D eigenvalue weighted by molar-refractivity contribution is 6.29. The van der Waals surface area contributed by atoms with Gasteiger partial charge in [0.1, 0.15) is 22.9 Å². The SMILES string of the molecule is CC(C)c1cnn2c(N(Cc3cccc(NC(=O)CCl)c3)C(=O)OC(C)(C)C)cc(C3CCN(C(=O)OC(C)(C)C)CC3)nc12. The Kier molecular flexibility index (Phi) is 10.3. The van der Waals surface area contributed by atoms with Gasteiger partial charge in [0.15, 0.2) is 5.65 Å². The van der Waals surface area contributed by atoms with E-state index in [1.165, 1.54) is 0 Å². The van der Waals surface area contributed by atoms with Crippen molar-refractivity contribution in [2.45, 2.75) is 97.8 Å². The second-order valence-corrected chi connectivity index (χ2v) is 14.0. The maximum atomic E-state index is 13.9. The summed E-state index contributed by atoms with van der Waals surface area (Å²) < 4.78 is 13.2. The van der Waals surface area contributed by atoms with E-state index in [1.54, 1.807) is 32.6 Å². The summed E-state index contributed by atoms with van der Waals surface area (Å²) in [4.78, 5) is 46.9. The first-order valence-corrected chi connectivity index (χ1v) is 15.9. The highest BCUT2D eigenvalue weighted by atomic mass is 35.5. The molecule has 1 fully saturated rings. The molecule has 1 N–H and O–H groups in total. The van der Waals surface area contributed by atoms with Crippen LogP contribution >= 0.6 is 11.6 Å². The molecule has 0 unspecified atom stereocenters. The number of benzene rings is 1.